The molecule has 1 aromatic carbocycles. The van der Waals surface area contributed by atoms with Crippen molar-refractivity contribution < 1.29 is 14.3 Å². The molecule has 2 amide bonds. The average molecular weight is 313 g/mol. The van der Waals surface area contributed by atoms with Gasteiger partial charge in [-0.3, -0.25) is 14.6 Å². The summed E-state index contributed by atoms with van der Waals surface area (Å²) < 4.78 is 5.19. The van der Waals surface area contributed by atoms with Gasteiger partial charge in [-0.25, -0.2) is 0 Å². The highest BCUT2D eigenvalue weighted by Crippen LogP contribution is 2.25. The monoisotopic (exact) mass is 313 g/mol. The predicted octanol–water partition coefficient (Wildman–Crippen LogP) is 2.04. The first kappa shape index (κ1) is 16.5. The van der Waals surface area contributed by atoms with Crippen molar-refractivity contribution in [1.82, 2.24) is 10.3 Å². The van der Waals surface area contributed by atoms with E-state index in [0.717, 1.165) is 11.3 Å². The maximum absolute atomic E-state index is 12.0. The van der Waals surface area contributed by atoms with Crippen molar-refractivity contribution in [3.63, 3.8) is 0 Å². The van der Waals surface area contributed by atoms with Gasteiger partial charge in [0.15, 0.2) is 0 Å². The number of aryl methyl sites for hydroxylation is 1. The Kier molecular flexibility index (Phi) is 5.68. The highest BCUT2D eigenvalue weighted by atomic mass is 16.5. The summed E-state index contributed by atoms with van der Waals surface area (Å²) in [5, 5.41) is 5.35. The summed E-state index contributed by atoms with van der Waals surface area (Å²) in [7, 11) is 1.53. The quantitative estimate of drug-likeness (QED) is 0.800. The first-order chi connectivity index (χ1) is 11.1. The molecule has 6 heteroatoms. The van der Waals surface area contributed by atoms with E-state index in [1.54, 1.807) is 30.5 Å². The van der Waals surface area contributed by atoms with Crippen LogP contribution in [0, 0.1) is 6.92 Å². The van der Waals surface area contributed by atoms with Gasteiger partial charge in [0.05, 0.1) is 25.0 Å². The molecule has 0 bridgehead atoms. The summed E-state index contributed by atoms with van der Waals surface area (Å²) in [4.78, 5) is 27.9. The summed E-state index contributed by atoms with van der Waals surface area (Å²) in [6.45, 7) is 2.20. The predicted molar refractivity (Wildman–Crippen MR) is 87.1 cm³/mol. The fourth-order valence-electron chi connectivity index (χ4n) is 2.01. The van der Waals surface area contributed by atoms with E-state index >= 15 is 0 Å². The SMILES string of the molecule is COc1ccc(C)cc1NC(=O)CC(=O)NCc1ccccn1. The van der Waals surface area contributed by atoms with Gasteiger partial charge in [0, 0.05) is 6.20 Å². The lowest BCUT2D eigenvalue weighted by molar-refractivity contribution is -0.126. The minimum Gasteiger partial charge on any atom is -0.495 e. The average Bonchev–Trinajstić information content (AvgIpc) is 2.54. The van der Waals surface area contributed by atoms with Crippen LogP contribution in [0.25, 0.3) is 0 Å². The maximum Gasteiger partial charge on any atom is 0.233 e. The normalized spacial score (nSPS) is 10.0. The van der Waals surface area contributed by atoms with E-state index in [9.17, 15) is 9.59 Å². The molecule has 120 valence electrons. The van der Waals surface area contributed by atoms with Crippen LogP contribution >= 0.6 is 0 Å². The molecule has 2 aromatic rings. The van der Waals surface area contributed by atoms with Gasteiger partial charge in [-0.2, -0.15) is 0 Å². The fraction of sp³-hybridized carbons (Fsp3) is 0.235. The number of hydrogen-bond donors (Lipinski definition) is 2. The number of amides is 2. The molecule has 0 spiro atoms. The molecule has 0 saturated carbocycles. The zero-order valence-corrected chi connectivity index (χ0v) is 13.1. The van der Waals surface area contributed by atoms with Gasteiger partial charge >= 0.3 is 0 Å². The summed E-state index contributed by atoms with van der Waals surface area (Å²) in [6, 6.07) is 10.9. The Morgan fingerprint density at radius 1 is 1.17 bits per heavy atom. The molecule has 0 aliphatic heterocycles. The van der Waals surface area contributed by atoms with Crippen molar-refractivity contribution in [2.45, 2.75) is 19.9 Å². The van der Waals surface area contributed by atoms with Crippen LogP contribution in [0.2, 0.25) is 0 Å². The number of methoxy groups -OCH3 is 1. The van der Waals surface area contributed by atoms with Crippen LogP contribution in [-0.4, -0.2) is 23.9 Å². The third-order valence-electron chi connectivity index (χ3n) is 3.14. The van der Waals surface area contributed by atoms with Crippen molar-refractivity contribution >= 4 is 17.5 Å². The number of carbonyl (C=O) groups excluding carboxylic acids is 2. The van der Waals surface area contributed by atoms with E-state index in [4.69, 9.17) is 4.74 Å². The topological polar surface area (TPSA) is 80.3 Å². The molecule has 0 aliphatic rings. The second-order valence-electron chi connectivity index (χ2n) is 5.03. The van der Waals surface area contributed by atoms with E-state index in [1.165, 1.54) is 7.11 Å². The molecule has 1 aromatic heterocycles. The Labute approximate surface area is 134 Å². The van der Waals surface area contributed by atoms with E-state index in [-0.39, 0.29) is 12.3 Å². The second-order valence-corrected chi connectivity index (χ2v) is 5.03. The fourth-order valence-corrected chi connectivity index (χ4v) is 2.01. The van der Waals surface area contributed by atoms with Gasteiger partial charge in [0.2, 0.25) is 11.8 Å². The van der Waals surface area contributed by atoms with Gasteiger partial charge in [-0.05, 0) is 36.8 Å². The van der Waals surface area contributed by atoms with Crippen LogP contribution in [0.4, 0.5) is 5.69 Å². The first-order valence-electron chi connectivity index (χ1n) is 7.19. The molecule has 0 fully saturated rings. The Morgan fingerprint density at radius 3 is 2.70 bits per heavy atom. The minimum absolute atomic E-state index is 0.260. The Hall–Kier alpha value is -2.89. The maximum atomic E-state index is 12.0. The molecule has 2 rings (SSSR count). The third kappa shape index (κ3) is 5.10. The standard InChI is InChI=1S/C17H19N3O3/c1-12-6-7-15(23-2)14(9-12)20-17(22)10-16(21)19-11-13-5-3-4-8-18-13/h3-9H,10-11H2,1-2H3,(H,19,21)(H,20,22). The van der Waals surface area contributed by atoms with Gasteiger partial charge in [-0.1, -0.05) is 12.1 Å². The van der Waals surface area contributed by atoms with Crippen LogP contribution in [0.5, 0.6) is 5.75 Å². The number of anilines is 1. The van der Waals surface area contributed by atoms with E-state index in [0.29, 0.717) is 18.0 Å². The number of rotatable bonds is 6. The minimum atomic E-state index is -0.396. The van der Waals surface area contributed by atoms with Gasteiger partial charge in [0.1, 0.15) is 12.2 Å². The smallest absolute Gasteiger partial charge is 0.233 e. The molecule has 6 nitrogen and oxygen atoms in total. The lowest BCUT2D eigenvalue weighted by atomic mass is 10.2. The van der Waals surface area contributed by atoms with Crippen molar-refractivity contribution in [1.29, 1.82) is 0 Å². The lowest BCUT2D eigenvalue weighted by Crippen LogP contribution is -2.28. The molecule has 23 heavy (non-hydrogen) atoms. The number of benzene rings is 1. The molecule has 0 unspecified atom stereocenters. The Balaban J connectivity index is 1.87. The van der Waals surface area contributed by atoms with E-state index in [1.807, 2.05) is 19.1 Å². The van der Waals surface area contributed by atoms with Crippen molar-refractivity contribution in [3.05, 3.63) is 53.9 Å². The first-order valence-corrected chi connectivity index (χ1v) is 7.19. The molecule has 0 radical (unpaired) electrons. The molecule has 0 saturated heterocycles. The highest BCUT2D eigenvalue weighted by Gasteiger charge is 2.12. The molecular formula is C17H19N3O3. The van der Waals surface area contributed by atoms with Crippen LogP contribution < -0.4 is 15.4 Å². The van der Waals surface area contributed by atoms with Crippen molar-refractivity contribution in [2.75, 3.05) is 12.4 Å². The highest BCUT2D eigenvalue weighted by molar-refractivity contribution is 6.04. The molecular weight excluding hydrogens is 294 g/mol. The number of ether oxygens (including phenoxy) is 1. The zero-order valence-electron chi connectivity index (χ0n) is 13.1. The summed E-state index contributed by atoms with van der Waals surface area (Å²) in [6.07, 6.45) is 1.39. The number of nitrogens with zero attached hydrogens (tertiary/aromatic N) is 1. The Morgan fingerprint density at radius 2 is 2.00 bits per heavy atom. The number of hydrogen-bond acceptors (Lipinski definition) is 4. The van der Waals surface area contributed by atoms with E-state index in [2.05, 4.69) is 15.6 Å². The van der Waals surface area contributed by atoms with Crippen LogP contribution in [0.15, 0.2) is 42.6 Å². The van der Waals surface area contributed by atoms with Gasteiger partial charge < -0.3 is 15.4 Å². The van der Waals surface area contributed by atoms with Crippen molar-refractivity contribution in [3.8, 4) is 5.75 Å². The van der Waals surface area contributed by atoms with Crippen LogP contribution in [0.3, 0.4) is 0 Å². The van der Waals surface area contributed by atoms with E-state index < -0.39 is 5.91 Å². The number of nitrogens with one attached hydrogen (secondary N) is 2. The lowest BCUT2D eigenvalue weighted by Gasteiger charge is -2.11. The van der Waals surface area contributed by atoms with Gasteiger partial charge in [-0.15, -0.1) is 0 Å². The molecule has 0 aliphatic carbocycles. The number of pyridine rings is 1. The summed E-state index contributed by atoms with van der Waals surface area (Å²) in [5.74, 6) is -0.204. The number of carbonyl (C=O) groups is 2. The molecule has 2 N–H and O–H groups in total. The van der Waals surface area contributed by atoms with Gasteiger partial charge in [0.25, 0.3) is 0 Å². The van der Waals surface area contributed by atoms with Crippen LogP contribution in [0.1, 0.15) is 17.7 Å². The summed E-state index contributed by atoms with van der Waals surface area (Å²) >= 11 is 0. The second kappa shape index (κ2) is 7.93. The molecule has 1 heterocycles. The Bertz CT molecular complexity index is 687. The van der Waals surface area contributed by atoms with Crippen molar-refractivity contribution in [2.24, 2.45) is 0 Å². The summed E-state index contributed by atoms with van der Waals surface area (Å²) in [5.41, 5.74) is 2.28. The molecule has 0 atom stereocenters. The third-order valence-corrected chi connectivity index (χ3v) is 3.14. The number of aromatic nitrogens is 1. The van der Waals surface area contributed by atoms with Crippen LogP contribution in [-0.2, 0) is 16.1 Å². The zero-order chi connectivity index (χ0) is 16.7. The largest absolute Gasteiger partial charge is 0.495 e.